The molecule has 0 bridgehead atoms. The van der Waals surface area contributed by atoms with E-state index in [1.165, 1.54) is 0 Å². The maximum Gasteiger partial charge on any atom is 0.228 e. The fraction of sp³-hybridized carbons (Fsp3) is 0.765. The normalized spacial score (nSPS) is 28.7. The molecule has 3 heterocycles. The van der Waals surface area contributed by atoms with Crippen LogP contribution in [-0.2, 0) is 25.9 Å². The van der Waals surface area contributed by atoms with E-state index in [1.807, 2.05) is 17.7 Å². The molecule has 0 aromatic carbocycles. The number of carbonyl (C=O) groups excluding carboxylic acids is 1. The van der Waals surface area contributed by atoms with Crippen LogP contribution < -0.4 is 0 Å². The van der Waals surface area contributed by atoms with E-state index >= 15 is 0 Å². The van der Waals surface area contributed by atoms with Gasteiger partial charge in [0.15, 0.2) is 9.84 Å². The average Bonchev–Trinajstić information content (AvgIpc) is 3.19. The first-order chi connectivity index (χ1) is 11.8. The minimum Gasteiger partial charge on any atom is -0.369 e. The Kier molecular flexibility index (Phi) is 4.94. The van der Waals surface area contributed by atoms with Gasteiger partial charge in [0.05, 0.1) is 16.4 Å². The van der Waals surface area contributed by atoms with Crippen LogP contribution in [0.15, 0.2) is 12.4 Å². The second kappa shape index (κ2) is 6.72. The summed E-state index contributed by atoms with van der Waals surface area (Å²) in [6.45, 7) is 7.54. The molecule has 7 nitrogen and oxygen atoms in total. The molecular weight excluding hydrogens is 342 g/mol. The number of aryl methyl sites for hydroxylation is 1. The molecule has 1 amide bonds. The monoisotopic (exact) mass is 369 g/mol. The molecule has 0 spiro atoms. The minimum absolute atomic E-state index is 0.0129. The number of sulfone groups is 1. The maximum atomic E-state index is 13.1. The molecule has 2 saturated heterocycles. The van der Waals surface area contributed by atoms with Crippen molar-refractivity contribution >= 4 is 15.7 Å². The van der Waals surface area contributed by atoms with E-state index in [4.69, 9.17) is 4.74 Å². The van der Waals surface area contributed by atoms with Gasteiger partial charge in [0, 0.05) is 38.6 Å². The first-order valence-corrected chi connectivity index (χ1v) is 10.6. The van der Waals surface area contributed by atoms with Gasteiger partial charge in [0.25, 0.3) is 0 Å². The van der Waals surface area contributed by atoms with E-state index < -0.39 is 14.6 Å². The highest BCUT2D eigenvalue weighted by atomic mass is 32.2. The van der Waals surface area contributed by atoms with E-state index in [-0.39, 0.29) is 30.2 Å². The molecule has 2 fully saturated rings. The number of rotatable bonds is 3. The third kappa shape index (κ3) is 3.33. The van der Waals surface area contributed by atoms with E-state index in [0.29, 0.717) is 26.0 Å². The Balaban J connectivity index is 1.78. The first-order valence-electron chi connectivity index (χ1n) is 8.90. The van der Waals surface area contributed by atoms with Crippen molar-refractivity contribution in [2.24, 2.45) is 5.92 Å². The molecule has 0 aliphatic carbocycles. The van der Waals surface area contributed by atoms with Crippen molar-refractivity contribution < 1.29 is 17.9 Å². The van der Waals surface area contributed by atoms with Crippen molar-refractivity contribution in [1.82, 2.24) is 14.5 Å². The zero-order valence-electron chi connectivity index (χ0n) is 15.1. The van der Waals surface area contributed by atoms with Crippen molar-refractivity contribution in [2.45, 2.75) is 51.0 Å². The predicted octanol–water partition coefficient (Wildman–Crippen LogP) is 1.41. The van der Waals surface area contributed by atoms with Crippen molar-refractivity contribution in [3.8, 4) is 0 Å². The van der Waals surface area contributed by atoms with Crippen molar-refractivity contribution in [2.75, 3.05) is 25.4 Å². The summed E-state index contributed by atoms with van der Waals surface area (Å²) in [5.41, 5.74) is 0. The summed E-state index contributed by atoms with van der Waals surface area (Å²) in [7, 11) is -3.20. The first kappa shape index (κ1) is 18.4. The Labute approximate surface area is 149 Å². The number of hydrogen-bond acceptors (Lipinski definition) is 5. The molecule has 1 aromatic rings. The second-order valence-electron chi connectivity index (χ2n) is 7.41. The van der Waals surface area contributed by atoms with Crippen LogP contribution in [0.4, 0.5) is 0 Å². The molecule has 0 unspecified atom stereocenters. The summed E-state index contributed by atoms with van der Waals surface area (Å²) in [4.78, 5) is 19.2. The molecule has 2 atom stereocenters. The van der Waals surface area contributed by atoms with Crippen LogP contribution in [0.2, 0.25) is 0 Å². The molecule has 3 rings (SSSR count). The lowest BCUT2D eigenvalue weighted by Gasteiger charge is -2.26. The van der Waals surface area contributed by atoms with E-state index in [0.717, 1.165) is 12.4 Å². The van der Waals surface area contributed by atoms with Crippen LogP contribution in [0.25, 0.3) is 0 Å². The standard InChI is InChI=1S/C17H27N3O4S/c1-4-19-9-7-18-15(19)14-13(5-11-24-14)16(21)20-8-6-17(2,3)25(22,23)12-10-20/h7,9,13-14H,4-6,8,10-12H2,1-3H3/t13-,14-/m1/s1. The molecule has 0 N–H and O–H groups in total. The lowest BCUT2D eigenvalue weighted by atomic mass is 9.98. The maximum absolute atomic E-state index is 13.1. The summed E-state index contributed by atoms with van der Waals surface area (Å²) < 4.78 is 31.8. The molecule has 2 aliphatic rings. The summed E-state index contributed by atoms with van der Waals surface area (Å²) in [5.74, 6) is 0.493. The molecule has 140 valence electrons. The predicted molar refractivity (Wildman–Crippen MR) is 93.8 cm³/mol. The largest absolute Gasteiger partial charge is 0.369 e. The highest BCUT2D eigenvalue weighted by Crippen LogP contribution is 2.36. The number of amides is 1. The molecule has 2 aliphatic heterocycles. The highest BCUT2D eigenvalue weighted by molar-refractivity contribution is 7.92. The summed E-state index contributed by atoms with van der Waals surface area (Å²) in [5, 5.41) is 0. The number of nitrogens with zero attached hydrogens (tertiary/aromatic N) is 3. The molecule has 8 heteroatoms. The summed E-state index contributed by atoms with van der Waals surface area (Å²) in [6, 6.07) is 0. The van der Waals surface area contributed by atoms with Gasteiger partial charge in [0.1, 0.15) is 11.9 Å². The van der Waals surface area contributed by atoms with Crippen molar-refractivity contribution in [1.29, 1.82) is 0 Å². The van der Waals surface area contributed by atoms with Gasteiger partial charge in [-0.2, -0.15) is 0 Å². The van der Waals surface area contributed by atoms with Gasteiger partial charge < -0.3 is 14.2 Å². The number of aromatic nitrogens is 2. The number of imidazole rings is 1. The Hall–Kier alpha value is -1.41. The average molecular weight is 369 g/mol. The van der Waals surface area contributed by atoms with Gasteiger partial charge in [-0.05, 0) is 33.6 Å². The zero-order valence-corrected chi connectivity index (χ0v) is 16.0. The van der Waals surface area contributed by atoms with Crippen LogP contribution >= 0.6 is 0 Å². The van der Waals surface area contributed by atoms with E-state index in [2.05, 4.69) is 4.98 Å². The number of carbonyl (C=O) groups is 1. The quantitative estimate of drug-likeness (QED) is 0.805. The van der Waals surface area contributed by atoms with Crippen LogP contribution in [0.1, 0.15) is 45.5 Å². The molecule has 25 heavy (non-hydrogen) atoms. The van der Waals surface area contributed by atoms with Crippen LogP contribution in [0, 0.1) is 5.92 Å². The molecule has 0 saturated carbocycles. The lowest BCUT2D eigenvalue weighted by molar-refractivity contribution is -0.137. The molecule has 0 radical (unpaired) electrons. The van der Waals surface area contributed by atoms with E-state index in [1.54, 1.807) is 24.9 Å². The Morgan fingerprint density at radius 3 is 2.88 bits per heavy atom. The smallest absolute Gasteiger partial charge is 0.228 e. The molecule has 1 aromatic heterocycles. The second-order valence-corrected chi connectivity index (χ2v) is 10.2. The van der Waals surface area contributed by atoms with Gasteiger partial charge in [0.2, 0.25) is 5.91 Å². The summed E-state index contributed by atoms with van der Waals surface area (Å²) in [6.07, 6.45) is 4.37. The Morgan fingerprint density at radius 1 is 1.40 bits per heavy atom. The fourth-order valence-electron chi connectivity index (χ4n) is 3.58. The van der Waals surface area contributed by atoms with Gasteiger partial charge in [-0.15, -0.1) is 0 Å². The van der Waals surface area contributed by atoms with Crippen LogP contribution in [0.3, 0.4) is 0 Å². The lowest BCUT2D eigenvalue weighted by Crippen LogP contribution is -2.39. The Morgan fingerprint density at radius 2 is 2.16 bits per heavy atom. The third-order valence-corrected chi connectivity index (χ3v) is 8.13. The van der Waals surface area contributed by atoms with Crippen molar-refractivity contribution in [3.63, 3.8) is 0 Å². The third-order valence-electron chi connectivity index (χ3n) is 5.52. The zero-order chi connectivity index (χ0) is 18.2. The fourth-order valence-corrected chi connectivity index (χ4v) is 4.99. The van der Waals surface area contributed by atoms with Gasteiger partial charge in [-0.1, -0.05) is 0 Å². The number of ether oxygens (including phenoxy) is 1. The van der Waals surface area contributed by atoms with Crippen LogP contribution in [-0.4, -0.2) is 59.0 Å². The highest BCUT2D eigenvalue weighted by Gasteiger charge is 2.43. The van der Waals surface area contributed by atoms with Gasteiger partial charge >= 0.3 is 0 Å². The number of hydrogen-bond donors (Lipinski definition) is 0. The topological polar surface area (TPSA) is 81.5 Å². The molecular formula is C17H27N3O4S. The summed E-state index contributed by atoms with van der Waals surface area (Å²) >= 11 is 0. The van der Waals surface area contributed by atoms with Gasteiger partial charge in [-0.25, -0.2) is 13.4 Å². The minimum atomic E-state index is -3.20. The Bertz CT molecular complexity index is 741. The SMILES string of the molecule is CCn1ccnc1[C@@H]1OCC[C@H]1C(=O)N1CCC(C)(C)S(=O)(=O)CC1. The van der Waals surface area contributed by atoms with Crippen LogP contribution in [0.5, 0.6) is 0 Å². The van der Waals surface area contributed by atoms with Gasteiger partial charge in [-0.3, -0.25) is 4.79 Å². The van der Waals surface area contributed by atoms with Crippen molar-refractivity contribution in [3.05, 3.63) is 18.2 Å². The van der Waals surface area contributed by atoms with E-state index in [9.17, 15) is 13.2 Å².